The highest BCUT2D eigenvalue weighted by molar-refractivity contribution is 6.18. The van der Waals surface area contributed by atoms with Gasteiger partial charge in [-0.25, -0.2) is 0 Å². The molecule has 0 radical (unpaired) electrons. The quantitative estimate of drug-likeness (QED) is 0.610. The van der Waals surface area contributed by atoms with Crippen molar-refractivity contribution in [1.82, 2.24) is 0 Å². The molecule has 0 atom stereocenters. The van der Waals surface area contributed by atoms with Crippen molar-refractivity contribution in [1.29, 1.82) is 0 Å². The number of hydrogen-bond donors (Lipinski definition) is 2. The minimum atomic E-state index is -0.154. The minimum absolute atomic E-state index is 0.154. The lowest BCUT2D eigenvalue weighted by molar-refractivity contribution is 0.396. The smallest absolute Gasteiger partial charge is 0.162 e. The Kier molecular flexibility index (Phi) is 3.51. The zero-order chi connectivity index (χ0) is 10.9. The lowest BCUT2D eigenvalue weighted by Crippen LogP contribution is -1.96. The standard InChI is InChI=1S/C10H12Cl2O2/c1-5-6(2)8(4-12)10(14)9(13)7(5)3-11/h13-14H,3-4H2,1-2H3. The van der Waals surface area contributed by atoms with Crippen LogP contribution in [0.5, 0.6) is 11.5 Å². The highest BCUT2D eigenvalue weighted by atomic mass is 35.5. The Balaban J connectivity index is 3.55. The van der Waals surface area contributed by atoms with Crippen LogP contribution in [0.25, 0.3) is 0 Å². The van der Waals surface area contributed by atoms with Crippen LogP contribution in [-0.4, -0.2) is 10.2 Å². The zero-order valence-electron chi connectivity index (χ0n) is 8.06. The first kappa shape index (κ1) is 11.5. The van der Waals surface area contributed by atoms with Crippen LogP contribution in [-0.2, 0) is 11.8 Å². The summed E-state index contributed by atoms with van der Waals surface area (Å²) >= 11 is 11.3. The van der Waals surface area contributed by atoms with Gasteiger partial charge in [0, 0.05) is 11.1 Å². The van der Waals surface area contributed by atoms with Gasteiger partial charge in [0.25, 0.3) is 0 Å². The molecule has 1 aromatic rings. The summed E-state index contributed by atoms with van der Waals surface area (Å²) in [4.78, 5) is 0. The van der Waals surface area contributed by atoms with Gasteiger partial charge in [0.15, 0.2) is 11.5 Å². The molecule has 0 aliphatic heterocycles. The molecule has 0 aliphatic carbocycles. The molecule has 78 valence electrons. The molecule has 0 amide bonds. The van der Waals surface area contributed by atoms with E-state index in [1.807, 2.05) is 13.8 Å². The predicted molar refractivity (Wildman–Crippen MR) is 58.4 cm³/mol. The molecule has 1 rings (SSSR count). The van der Waals surface area contributed by atoms with Crippen molar-refractivity contribution < 1.29 is 10.2 Å². The van der Waals surface area contributed by atoms with Crippen LogP contribution in [0.3, 0.4) is 0 Å². The summed E-state index contributed by atoms with van der Waals surface area (Å²) in [7, 11) is 0. The van der Waals surface area contributed by atoms with Crippen molar-refractivity contribution in [2.45, 2.75) is 25.6 Å². The molecular weight excluding hydrogens is 223 g/mol. The Morgan fingerprint density at radius 2 is 1.14 bits per heavy atom. The number of halogens is 2. The minimum Gasteiger partial charge on any atom is -0.504 e. The maximum Gasteiger partial charge on any atom is 0.162 e. The molecule has 0 saturated carbocycles. The summed E-state index contributed by atoms with van der Waals surface area (Å²) in [6, 6.07) is 0. The summed E-state index contributed by atoms with van der Waals surface area (Å²) in [6.07, 6.45) is 0. The molecule has 0 aromatic heterocycles. The molecule has 0 saturated heterocycles. The molecule has 0 aliphatic rings. The number of aromatic hydroxyl groups is 2. The first-order valence-electron chi connectivity index (χ1n) is 4.19. The third-order valence-electron chi connectivity index (χ3n) is 2.53. The molecule has 0 heterocycles. The van der Waals surface area contributed by atoms with Gasteiger partial charge in [0.2, 0.25) is 0 Å². The maximum absolute atomic E-state index is 9.62. The Labute approximate surface area is 93.1 Å². The number of benzene rings is 1. The third kappa shape index (κ3) is 1.64. The Morgan fingerprint density at radius 1 is 0.857 bits per heavy atom. The lowest BCUT2D eigenvalue weighted by atomic mass is 9.97. The Hall–Kier alpha value is -0.600. The van der Waals surface area contributed by atoms with Gasteiger partial charge in [0.05, 0.1) is 11.8 Å². The second-order valence-electron chi connectivity index (χ2n) is 3.17. The number of alkyl halides is 2. The molecule has 1 aromatic carbocycles. The van der Waals surface area contributed by atoms with Gasteiger partial charge in [-0.05, 0) is 25.0 Å². The highest BCUT2D eigenvalue weighted by Crippen LogP contribution is 2.39. The number of phenols is 2. The van der Waals surface area contributed by atoms with E-state index in [9.17, 15) is 10.2 Å². The largest absolute Gasteiger partial charge is 0.504 e. The molecule has 2 N–H and O–H groups in total. The maximum atomic E-state index is 9.62. The fourth-order valence-corrected chi connectivity index (χ4v) is 2.07. The first-order chi connectivity index (χ1) is 6.54. The highest BCUT2D eigenvalue weighted by Gasteiger charge is 2.17. The van der Waals surface area contributed by atoms with E-state index in [1.165, 1.54) is 0 Å². The zero-order valence-corrected chi connectivity index (χ0v) is 9.58. The average molecular weight is 235 g/mol. The van der Waals surface area contributed by atoms with Crippen LogP contribution < -0.4 is 0 Å². The van der Waals surface area contributed by atoms with Crippen LogP contribution in [0, 0.1) is 13.8 Å². The predicted octanol–water partition coefficient (Wildman–Crippen LogP) is 3.19. The summed E-state index contributed by atoms with van der Waals surface area (Å²) in [5, 5.41) is 19.2. The van der Waals surface area contributed by atoms with Gasteiger partial charge in [-0.3, -0.25) is 0 Å². The SMILES string of the molecule is Cc1c(C)c(CCl)c(O)c(O)c1CCl. The summed E-state index contributed by atoms with van der Waals surface area (Å²) < 4.78 is 0. The first-order valence-corrected chi connectivity index (χ1v) is 5.26. The molecule has 2 nitrogen and oxygen atoms in total. The summed E-state index contributed by atoms with van der Waals surface area (Å²) in [5.41, 5.74) is 2.89. The van der Waals surface area contributed by atoms with Gasteiger partial charge in [-0.2, -0.15) is 0 Å². The van der Waals surface area contributed by atoms with E-state index in [1.54, 1.807) is 0 Å². The van der Waals surface area contributed by atoms with Crippen LogP contribution in [0.4, 0.5) is 0 Å². The van der Waals surface area contributed by atoms with Crippen molar-refractivity contribution in [3.05, 3.63) is 22.3 Å². The lowest BCUT2D eigenvalue weighted by Gasteiger charge is -2.14. The molecule has 14 heavy (non-hydrogen) atoms. The second-order valence-corrected chi connectivity index (χ2v) is 3.71. The van der Waals surface area contributed by atoms with E-state index in [0.717, 1.165) is 11.1 Å². The number of rotatable bonds is 2. The van der Waals surface area contributed by atoms with E-state index in [0.29, 0.717) is 11.1 Å². The van der Waals surface area contributed by atoms with Crippen molar-refractivity contribution in [2.75, 3.05) is 0 Å². The van der Waals surface area contributed by atoms with E-state index in [2.05, 4.69) is 0 Å². The van der Waals surface area contributed by atoms with E-state index >= 15 is 0 Å². The number of hydrogen-bond acceptors (Lipinski definition) is 2. The third-order valence-corrected chi connectivity index (χ3v) is 3.07. The topological polar surface area (TPSA) is 40.5 Å². The van der Waals surface area contributed by atoms with Crippen molar-refractivity contribution in [3.63, 3.8) is 0 Å². The van der Waals surface area contributed by atoms with E-state index < -0.39 is 0 Å². The van der Waals surface area contributed by atoms with Crippen molar-refractivity contribution in [3.8, 4) is 11.5 Å². The Bertz CT molecular complexity index is 298. The molecule has 0 unspecified atom stereocenters. The van der Waals surface area contributed by atoms with Gasteiger partial charge in [-0.1, -0.05) is 0 Å². The average Bonchev–Trinajstić information content (AvgIpc) is 2.17. The fraction of sp³-hybridized carbons (Fsp3) is 0.400. The monoisotopic (exact) mass is 234 g/mol. The van der Waals surface area contributed by atoms with Gasteiger partial charge >= 0.3 is 0 Å². The normalized spacial score (nSPS) is 10.6. The number of phenolic OH excluding ortho intramolecular Hbond substituents is 2. The molecular formula is C10H12Cl2O2. The van der Waals surface area contributed by atoms with Crippen LogP contribution in [0.2, 0.25) is 0 Å². The molecule has 0 fully saturated rings. The van der Waals surface area contributed by atoms with Gasteiger partial charge < -0.3 is 10.2 Å². The Morgan fingerprint density at radius 3 is 1.36 bits per heavy atom. The second kappa shape index (κ2) is 4.28. The van der Waals surface area contributed by atoms with Gasteiger partial charge in [-0.15, -0.1) is 23.2 Å². The molecule has 0 bridgehead atoms. The van der Waals surface area contributed by atoms with E-state index in [-0.39, 0.29) is 23.3 Å². The fourth-order valence-electron chi connectivity index (χ4n) is 1.42. The van der Waals surface area contributed by atoms with Crippen LogP contribution >= 0.6 is 23.2 Å². The van der Waals surface area contributed by atoms with Gasteiger partial charge in [0.1, 0.15) is 0 Å². The van der Waals surface area contributed by atoms with Crippen molar-refractivity contribution in [2.24, 2.45) is 0 Å². The van der Waals surface area contributed by atoms with Crippen LogP contribution in [0.1, 0.15) is 22.3 Å². The summed E-state index contributed by atoms with van der Waals surface area (Å²) in [6.45, 7) is 3.70. The molecule has 0 spiro atoms. The van der Waals surface area contributed by atoms with E-state index in [4.69, 9.17) is 23.2 Å². The van der Waals surface area contributed by atoms with Crippen molar-refractivity contribution >= 4 is 23.2 Å². The molecule has 4 heteroatoms. The van der Waals surface area contributed by atoms with Crippen LogP contribution in [0.15, 0.2) is 0 Å². The summed E-state index contributed by atoms with van der Waals surface area (Å²) in [5.74, 6) is 0.0426.